The van der Waals surface area contributed by atoms with Gasteiger partial charge in [0.15, 0.2) is 13.3 Å². The molecule has 14 heteroatoms. The second-order valence-corrected chi connectivity index (χ2v) is 9.99. The number of ether oxygens (including phenoxy) is 2. The van der Waals surface area contributed by atoms with E-state index < -0.39 is 55.2 Å². The number of ketones is 1. The van der Waals surface area contributed by atoms with Gasteiger partial charge in [-0.05, 0) is 35.4 Å². The van der Waals surface area contributed by atoms with Crippen LogP contribution in [0, 0.1) is 11.6 Å². The highest BCUT2D eigenvalue weighted by Gasteiger charge is 2.51. The number of hydrogen-bond donors (Lipinski definition) is 1. The van der Waals surface area contributed by atoms with Gasteiger partial charge in [0, 0.05) is 0 Å². The van der Waals surface area contributed by atoms with E-state index in [1.165, 1.54) is 41.7 Å². The van der Waals surface area contributed by atoms with Crippen LogP contribution in [-0.2, 0) is 38.6 Å². The number of carbonyl (C=O) groups is 2. The van der Waals surface area contributed by atoms with Gasteiger partial charge in [0.05, 0.1) is 17.2 Å². The molecule has 170 valence electrons. The van der Waals surface area contributed by atoms with E-state index in [2.05, 4.69) is 4.74 Å². The number of hydrogen-bond acceptors (Lipinski definition) is 8. The third-order valence-electron chi connectivity index (χ3n) is 5.46. The zero-order valence-corrected chi connectivity index (χ0v) is 19.0. The van der Waals surface area contributed by atoms with E-state index >= 15 is 0 Å². The lowest BCUT2D eigenvalue weighted by Gasteiger charge is -2.26. The van der Waals surface area contributed by atoms with Crippen molar-refractivity contribution in [2.45, 2.75) is 10.0 Å². The molecule has 0 amide bonds. The van der Waals surface area contributed by atoms with Gasteiger partial charge in [0.2, 0.25) is 17.4 Å². The minimum absolute atomic E-state index is 0.0330. The number of halogens is 2. The van der Waals surface area contributed by atoms with Gasteiger partial charge in [-0.1, -0.05) is 18.2 Å². The first kappa shape index (κ1) is 24.4. The van der Waals surface area contributed by atoms with E-state index in [1.807, 2.05) is 0 Å². The first-order valence-corrected chi connectivity index (χ1v) is 11.0. The molecular weight excluding hydrogens is 457 g/mol. The number of carbonyl (C=O) groups excluding carboxylic acids is 2. The summed E-state index contributed by atoms with van der Waals surface area (Å²) in [5.41, 5.74) is 3.66. The number of methoxy groups -OCH3 is 1. The fourth-order valence-electron chi connectivity index (χ4n) is 3.21. The fourth-order valence-corrected chi connectivity index (χ4v) is 4.22. The molecule has 0 radical (unpaired) electrons. The fraction of sp³-hybridized carbons (Fsp3) is 0.158. The standard InChI is InChI=1S/C19H18B3F2NO7S/c1-30-17(27)12-7-4-10(8-13(12)24)18(20)15(26)14(16(25)31-18)32-33(28,29)19(21,22)9-2-5-11(23)6-3-9/h2-8H,20-22,25H2,1H3/t18-/m1/s1. The summed E-state index contributed by atoms with van der Waals surface area (Å²) >= 11 is 0. The van der Waals surface area contributed by atoms with Crippen LogP contribution >= 0.6 is 0 Å². The van der Waals surface area contributed by atoms with Gasteiger partial charge in [-0.2, -0.15) is 8.42 Å². The van der Waals surface area contributed by atoms with Crippen LogP contribution in [0.3, 0.4) is 0 Å². The van der Waals surface area contributed by atoms with Crippen LogP contribution in [0.5, 0.6) is 0 Å². The van der Waals surface area contributed by atoms with Crippen molar-refractivity contribution in [1.82, 2.24) is 0 Å². The molecule has 0 aliphatic carbocycles. The van der Waals surface area contributed by atoms with Crippen molar-refractivity contribution in [3.63, 3.8) is 0 Å². The summed E-state index contributed by atoms with van der Waals surface area (Å²) in [5.74, 6) is -4.80. The zero-order valence-electron chi connectivity index (χ0n) is 18.1. The van der Waals surface area contributed by atoms with Crippen molar-refractivity contribution in [2.75, 3.05) is 7.11 Å². The molecule has 1 heterocycles. The van der Waals surface area contributed by atoms with Crippen molar-refractivity contribution in [3.8, 4) is 0 Å². The number of benzene rings is 2. The second-order valence-electron chi connectivity index (χ2n) is 7.90. The quantitative estimate of drug-likeness (QED) is 0.311. The Morgan fingerprint density at radius 2 is 1.76 bits per heavy atom. The topological polar surface area (TPSA) is 122 Å². The van der Waals surface area contributed by atoms with Gasteiger partial charge in [0.1, 0.15) is 27.3 Å². The van der Waals surface area contributed by atoms with Crippen molar-refractivity contribution in [1.29, 1.82) is 0 Å². The molecule has 0 fully saturated rings. The molecule has 1 atom stereocenters. The lowest BCUT2D eigenvalue weighted by Crippen LogP contribution is -2.40. The van der Waals surface area contributed by atoms with E-state index in [4.69, 9.17) is 14.7 Å². The van der Waals surface area contributed by atoms with E-state index in [1.54, 1.807) is 0 Å². The van der Waals surface area contributed by atoms with Crippen molar-refractivity contribution in [3.05, 3.63) is 82.4 Å². The van der Waals surface area contributed by atoms with E-state index in [9.17, 15) is 26.8 Å². The molecule has 0 spiro atoms. The first-order chi connectivity index (χ1) is 15.2. The molecule has 1 aliphatic heterocycles. The molecule has 1 aliphatic rings. The van der Waals surface area contributed by atoms with Gasteiger partial charge < -0.3 is 19.4 Å². The maximum atomic E-state index is 14.4. The Balaban J connectivity index is 1.93. The SMILES string of the molecule is BC(B)(c1ccc(F)cc1)S(=O)(=O)OC1=C(N)O[C@](B)(c2ccc(C(=O)OC)c(F)c2)C1=O. The molecule has 2 N–H and O–H groups in total. The van der Waals surface area contributed by atoms with E-state index in [0.717, 1.165) is 31.4 Å². The monoisotopic (exact) mass is 475 g/mol. The largest absolute Gasteiger partial charge is 0.467 e. The van der Waals surface area contributed by atoms with Crippen molar-refractivity contribution < 1.29 is 40.4 Å². The Kier molecular flexibility index (Phi) is 6.09. The number of rotatable bonds is 6. The normalized spacial score (nSPS) is 18.7. The molecule has 8 nitrogen and oxygen atoms in total. The summed E-state index contributed by atoms with van der Waals surface area (Å²) < 4.78 is 67.0. The molecule has 0 saturated heterocycles. The Morgan fingerprint density at radius 1 is 1.15 bits per heavy atom. The third kappa shape index (κ3) is 4.10. The maximum absolute atomic E-state index is 14.4. The zero-order chi connectivity index (χ0) is 24.8. The van der Waals surface area contributed by atoms with Crippen LogP contribution in [0.1, 0.15) is 21.5 Å². The summed E-state index contributed by atoms with van der Waals surface area (Å²) in [5, 5.41) is 0. The highest BCUT2D eigenvalue weighted by atomic mass is 32.2. The second kappa shape index (κ2) is 8.25. The Labute approximate surface area is 191 Å². The number of Topliss-reactive ketones (excluding diaryl/α,β-unsaturated/α-hetero) is 1. The van der Waals surface area contributed by atoms with Gasteiger partial charge in [-0.3, -0.25) is 4.79 Å². The molecule has 0 aromatic heterocycles. The third-order valence-corrected chi connectivity index (χ3v) is 7.33. The van der Waals surface area contributed by atoms with Crippen LogP contribution in [0.2, 0.25) is 0 Å². The highest BCUT2D eigenvalue weighted by Crippen LogP contribution is 2.38. The molecule has 0 bridgehead atoms. The van der Waals surface area contributed by atoms with Crippen LogP contribution in [0.4, 0.5) is 8.78 Å². The predicted molar refractivity (Wildman–Crippen MR) is 120 cm³/mol. The Hall–Kier alpha value is -3.28. The summed E-state index contributed by atoms with van der Waals surface area (Å²) in [6, 6.07) is 7.97. The van der Waals surface area contributed by atoms with Crippen molar-refractivity contribution >= 4 is 45.4 Å². The van der Waals surface area contributed by atoms with Crippen LogP contribution in [0.25, 0.3) is 0 Å². The molecular formula is C19H18B3F2NO7S. The van der Waals surface area contributed by atoms with E-state index in [0.29, 0.717) is 0 Å². The number of esters is 1. The average Bonchev–Trinajstić information content (AvgIpc) is 2.97. The molecule has 0 saturated carbocycles. The van der Waals surface area contributed by atoms with Gasteiger partial charge in [-0.25, -0.2) is 13.6 Å². The van der Waals surface area contributed by atoms with Gasteiger partial charge >= 0.3 is 16.1 Å². The molecule has 2 aromatic carbocycles. The first-order valence-electron chi connectivity index (χ1n) is 9.56. The van der Waals surface area contributed by atoms with Gasteiger partial charge in [-0.15, -0.1) is 0 Å². The smallest absolute Gasteiger partial charge is 0.340 e. The van der Waals surface area contributed by atoms with E-state index in [-0.39, 0.29) is 16.7 Å². The minimum Gasteiger partial charge on any atom is -0.467 e. The lowest BCUT2D eigenvalue weighted by atomic mass is 9.65. The molecule has 33 heavy (non-hydrogen) atoms. The Bertz CT molecular complexity index is 1280. The number of nitrogens with two attached hydrogens (primary N) is 1. The minimum atomic E-state index is -4.53. The highest BCUT2D eigenvalue weighted by molar-refractivity contribution is 7.90. The molecule has 3 rings (SSSR count). The van der Waals surface area contributed by atoms with Crippen molar-refractivity contribution in [2.24, 2.45) is 5.73 Å². The summed E-state index contributed by atoms with van der Waals surface area (Å²) in [7, 11) is 0.430. The predicted octanol–water partition coefficient (Wildman–Crippen LogP) is -1.31. The van der Waals surface area contributed by atoms with Gasteiger partial charge in [0.25, 0.3) is 0 Å². The average molecular weight is 475 g/mol. The van der Waals surface area contributed by atoms with Crippen LogP contribution in [-0.4, -0.2) is 50.8 Å². The Morgan fingerprint density at radius 3 is 2.30 bits per heavy atom. The maximum Gasteiger partial charge on any atom is 0.340 e. The van der Waals surface area contributed by atoms with Crippen LogP contribution < -0.4 is 5.73 Å². The lowest BCUT2D eigenvalue weighted by molar-refractivity contribution is -0.126. The summed E-state index contributed by atoms with van der Waals surface area (Å²) in [6.07, 6.45) is 0. The summed E-state index contributed by atoms with van der Waals surface area (Å²) in [6.45, 7) is 0. The molecule has 0 unspecified atom stereocenters. The van der Waals surface area contributed by atoms with Crippen LogP contribution in [0.15, 0.2) is 54.1 Å². The molecule has 2 aromatic rings. The summed E-state index contributed by atoms with van der Waals surface area (Å²) in [4.78, 5) is 24.7.